The highest BCUT2D eigenvalue weighted by Crippen LogP contribution is 2.28. The van der Waals surface area contributed by atoms with Gasteiger partial charge in [0.1, 0.15) is 17.3 Å². The van der Waals surface area contributed by atoms with E-state index in [1.165, 1.54) is 24.6 Å². The maximum Gasteiger partial charge on any atom is 0.150 e. The summed E-state index contributed by atoms with van der Waals surface area (Å²) in [7, 11) is 0. The van der Waals surface area contributed by atoms with Gasteiger partial charge in [0.2, 0.25) is 0 Å². The predicted molar refractivity (Wildman–Crippen MR) is 133 cm³/mol. The number of aliphatic imine (C=N–C) groups is 1. The SMILES string of the molecule is C=CN=C/C(=C\C)c1n/c(=C(\NC(C)C2=CC(C#N)CC=C2F)C(Cl)=C(C)C)c(=C)cc1F. The molecule has 2 atom stereocenters. The summed E-state index contributed by atoms with van der Waals surface area (Å²) in [6.07, 6.45) is 7.82. The number of nitrogens with one attached hydrogen (secondary N) is 1. The van der Waals surface area contributed by atoms with Gasteiger partial charge in [0.25, 0.3) is 0 Å². The van der Waals surface area contributed by atoms with Crippen LogP contribution in [0.1, 0.15) is 39.8 Å². The fraction of sp³-hybridized carbons (Fsp3) is 0.269. The third kappa shape index (κ3) is 6.15. The molecule has 0 amide bonds. The van der Waals surface area contributed by atoms with Crippen molar-refractivity contribution in [3.63, 3.8) is 0 Å². The van der Waals surface area contributed by atoms with E-state index in [4.69, 9.17) is 11.6 Å². The second kappa shape index (κ2) is 11.5. The Balaban J connectivity index is 2.76. The lowest BCUT2D eigenvalue weighted by molar-refractivity contribution is 0.582. The lowest BCUT2D eigenvalue weighted by Crippen LogP contribution is -2.39. The van der Waals surface area contributed by atoms with Gasteiger partial charge in [-0.3, -0.25) is 4.99 Å². The molecule has 0 saturated heterocycles. The topological polar surface area (TPSA) is 61.1 Å². The van der Waals surface area contributed by atoms with Crippen molar-refractivity contribution in [2.45, 2.75) is 40.2 Å². The van der Waals surface area contributed by atoms with Gasteiger partial charge in [-0.15, -0.1) is 0 Å². The van der Waals surface area contributed by atoms with E-state index in [-0.39, 0.29) is 5.69 Å². The number of hydrogen-bond donors (Lipinski definition) is 1. The number of allylic oxidation sites excluding steroid dienone is 5. The Labute approximate surface area is 198 Å². The van der Waals surface area contributed by atoms with Crippen LogP contribution in [0.4, 0.5) is 8.78 Å². The van der Waals surface area contributed by atoms with Crippen LogP contribution in [0.5, 0.6) is 0 Å². The summed E-state index contributed by atoms with van der Waals surface area (Å²) in [5, 5.41) is 13.5. The highest BCUT2D eigenvalue weighted by atomic mass is 35.5. The maximum absolute atomic E-state index is 14.8. The summed E-state index contributed by atoms with van der Waals surface area (Å²) in [6.45, 7) is 14.6. The van der Waals surface area contributed by atoms with E-state index in [9.17, 15) is 14.0 Å². The van der Waals surface area contributed by atoms with Crippen molar-refractivity contribution in [3.05, 3.63) is 81.2 Å². The van der Waals surface area contributed by atoms with Crippen molar-refractivity contribution in [1.29, 1.82) is 5.26 Å². The zero-order chi connectivity index (χ0) is 24.7. The van der Waals surface area contributed by atoms with E-state index in [1.807, 2.05) is 13.8 Å². The molecule has 1 aromatic rings. The molecule has 0 saturated carbocycles. The summed E-state index contributed by atoms with van der Waals surface area (Å²) in [6, 6.07) is 2.88. The third-order valence-electron chi connectivity index (χ3n) is 5.05. The lowest BCUT2D eigenvalue weighted by Gasteiger charge is -2.23. The smallest absolute Gasteiger partial charge is 0.150 e. The second-order valence-electron chi connectivity index (χ2n) is 7.73. The van der Waals surface area contributed by atoms with Crippen molar-refractivity contribution in [2.24, 2.45) is 10.9 Å². The van der Waals surface area contributed by atoms with Crippen molar-refractivity contribution in [2.75, 3.05) is 0 Å². The van der Waals surface area contributed by atoms with Gasteiger partial charge < -0.3 is 5.32 Å². The number of hydrogen-bond acceptors (Lipinski definition) is 4. The fourth-order valence-electron chi connectivity index (χ4n) is 3.28. The molecular weight excluding hydrogens is 442 g/mol. The van der Waals surface area contributed by atoms with E-state index in [0.717, 1.165) is 5.57 Å². The number of pyridine rings is 1. The van der Waals surface area contributed by atoms with E-state index < -0.39 is 23.6 Å². The summed E-state index contributed by atoms with van der Waals surface area (Å²) in [5.41, 5.74) is 2.04. The molecule has 0 aromatic carbocycles. The average molecular weight is 469 g/mol. The Hall–Kier alpha value is -3.30. The number of nitrogens with zero attached hydrogens (tertiary/aromatic N) is 3. The highest BCUT2D eigenvalue weighted by molar-refractivity contribution is 6.35. The maximum atomic E-state index is 14.8. The predicted octanol–water partition coefficient (Wildman–Crippen LogP) is 5.19. The van der Waals surface area contributed by atoms with E-state index >= 15 is 0 Å². The molecule has 1 heterocycles. The summed E-state index contributed by atoms with van der Waals surface area (Å²) >= 11 is 6.64. The van der Waals surface area contributed by atoms with Crippen molar-refractivity contribution < 1.29 is 8.78 Å². The first-order chi connectivity index (χ1) is 15.6. The molecule has 2 rings (SSSR count). The Morgan fingerprint density at radius 2 is 2.12 bits per heavy atom. The van der Waals surface area contributed by atoms with Gasteiger partial charge >= 0.3 is 0 Å². The average Bonchev–Trinajstić information content (AvgIpc) is 2.78. The van der Waals surface area contributed by atoms with Crippen LogP contribution in [0, 0.1) is 23.1 Å². The standard InChI is InChI=1S/C26H27ClF2N4/c1-7-19(14-31-8-2)25-22(29)11-16(5)24(33-25)26(23(27)15(3)4)32-17(6)20-12-18(13-30)9-10-21(20)28/h7-8,10-12,14,17-18,32H,2,5,9H2,1,3-4,6H3/b19-7+,26-24-,31-14?. The van der Waals surface area contributed by atoms with Crippen LogP contribution in [0.2, 0.25) is 0 Å². The van der Waals surface area contributed by atoms with Crippen LogP contribution in [-0.4, -0.2) is 17.2 Å². The Bertz CT molecular complexity index is 1240. The number of rotatable bonds is 7. The van der Waals surface area contributed by atoms with Gasteiger partial charge in [0, 0.05) is 23.6 Å². The van der Waals surface area contributed by atoms with Gasteiger partial charge in [-0.05, 0) is 51.5 Å². The van der Waals surface area contributed by atoms with Crippen molar-refractivity contribution >= 4 is 35.7 Å². The molecule has 0 radical (unpaired) electrons. The van der Waals surface area contributed by atoms with E-state index in [1.54, 1.807) is 26.0 Å². The van der Waals surface area contributed by atoms with Crippen LogP contribution in [0.25, 0.3) is 17.8 Å². The molecule has 1 aromatic heterocycles. The first-order valence-electron chi connectivity index (χ1n) is 10.4. The van der Waals surface area contributed by atoms with Crippen LogP contribution in [0.3, 0.4) is 0 Å². The highest BCUT2D eigenvalue weighted by Gasteiger charge is 2.22. The van der Waals surface area contributed by atoms with Gasteiger partial charge in [0.15, 0.2) is 0 Å². The van der Waals surface area contributed by atoms with E-state index in [0.29, 0.717) is 38.9 Å². The molecule has 33 heavy (non-hydrogen) atoms. The molecule has 1 aliphatic rings. The molecular formula is C26H27ClF2N4. The summed E-state index contributed by atoms with van der Waals surface area (Å²) in [5.74, 6) is -1.37. The molecule has 7 heteroatoms. The van der Waals surface area contributed by atoms with Gasteiger partial charge in [-0.1, -0.05) is 42.5 Å². The molecule has 172 valence electrons. The minimum absolute atomic E-state index is 0.0724. The minimum Gasteiger partial charge on any atom is -0.375 e. The first-order valence-corrected chi connectivity index (χ1v) is 10.8. The van der Waals surface area contributed by atoms with Crippen molar-refractivity contribution in [3.8, 4) is 6.07 Å². The molecule has 0 fully saturated rings. The molecule has 4 nitrogen and oxygen atoms in total. The second-order valence-corrected chi connectivity index (χ2v) is 8.11. The van der Waals surface area contributed by atoms with Gasteiger partial charge in [-0.2, -0.15) is 5.26 Å². The third-order valence-corrected chi connectivity index (χ3v) is 5.62. The van der Waals surface area contributed by atoms with Gasteiger partial charge in [0.05, 0.1) is 34.1 Å². The molecule has 0 bridgehead atoms. The number of nitriles is 1. The fourth-order valence-corrected chi connectivity index (χ4v) is 3.43. The van der Waals surface area contributed by atoms with Crippen LogP contribution in [0.15, 0.2) is 64.1 Å². The monoisotopic (exact) mass is 468 g/mol. The Kier molecular flexibility index (Phi) is 9.07. The zero-order valence-corrected chi connectivity index (χ0v) is 20.0. The first kappa shape index (κ1) is 26.0. The van der Waals surface area contributed by atoms with E-state index in [2.05, 4.69) is 34.5 Å². The van der Waals surface area contributed by atoms with Crippen LogP contribution < -0.4 is 15.9 Å². The van der Waals surface area contributed by atoms with Gasteiger partial charge in [-0.25, -0.2) is 13.8 Å². The molecule has 0 spiro atoms. The molecule has 2 unspecified atom stereocenters. The Morgan fingerprint density at radius 3 is 2.70 bits per heavy atom. The van der Waals surface area contributed by atoms with Crippen molar-refractivity contribution in [1.82, 2.24) is 10.3 Å². The lowest BCUT2D eigenvalue weighted by atomic mass is 9.93. The van der Waals surface area contributed by atoms with Crippen LogP contribution >= 0.6 is 11.6 Å². The Morgan fingerprint density at radius 1 is 1.42 bits per heavy atom. The van der Waals surface area contributed by atoms with Crippen LogP contribution in [-0.2, 0) is 0 Å². The minimum atomic E-state index is -0.561. The molecule has 1 N–H and O–H groups in total. The quantitative estimate of drug-likeness (QED) is 0.560. The largest absolute Gasteiger partial charge is 0.375 e. The number of aromatic nitrogens is 1. The molecule has 0 aliphatic heterocycles. The normalized spacial score (nSPS) is 18.1. The summed E-state index contributed by atoms with van der Waals surface area (Å²) < 4.78 is 29.4. The summed E-state index contributed by atoms with van der Waals surface area (Å²) in [4.78, 5) is 8.48. The zero-order valence-electron chi connectivity index (χ0n) is 19.2. The molecule has 1 aliphatic carbocycles. The number of halogens is 3.